The van der Waals surface area contributed by atoms with Crippen molar-refractivity contribution in [1.29, 1.82) is 0 Å². The fourth-order valence-electron chi connectivity index (χ4n) is 1.76. The highest BCUT2D eigenvalue weighted by Crippen LogP contribution is 2.39. The average Bonchev–Trinajstić information content (AvgIpc) is 3.09. The molecule has 94 valence electrons. The molecule has 1 fully saturated rings. The molecule has 1 aromatic heterocycles. The monoisotopic (exact) mass is 251 g/mol. The zero-order valence-electron chi connectivity index (χ0n) is 9.44. The number of rotatable bonds is 3. The van der Waals surface area contributed by atoms with Crippen molar-refractivity contribution in [3.05, 3.63) is 47.1 Å². The van der Waals surface area contributed by atoms with Gasteiger partial charge in [-0.15, -0.1) is 0 Å². The minimum absolute atomic E-state index is 0.0261. The van der Waals surface area contributed by atoms with E-state index in [1.165, 1.54) is 0 Å². The molecule has 0 aliphatic heterocycles. The van der Waals surface area contributed by atoms with Crippen LogP contribution in [0.1, 0.15) is 42.1 Å². The lowest BCUT2D eigenvalue weighted by molar-refractivity contribution is 0.372. The summed E-state index contributed by atoms with van der Waals surface area (Å²) in [7, 11) is 0. The van der Waals surface area contributed by atoms with Crippen molar-refractivity contribution in [1.82, 2.24) is 10.1 Å². The Morgan fingerprint density at radius 3 is 2.83 bits per heavy atom. The van der Waals surface area contributed by atoms with Crippen LogP contribution in [0.15, 0.2) is 22.7 Å². The molecule has 1 atom stereocenters. The van der Waals surface area contributed by atoms with Crippen LogP contribution >= 0.6 is 0 Å². The van der Waals surface area contributed by atoms with Gasteiger partial charge in [-0.1, -0.05) is 5.16 Å². The van der Waals surface area contributed by atoms with Crippen LogP contribution in [0, 0.1) is 11.6 Å². The maximum absolute atomic E-state index is 13.6. The van der Waals surface area contributed by atoms with Gasteiger partial charge in [0.15, 0.2) is 5.82 Å². The van der Waals surface area contributed by atoms with E-state index in [0.717, 1.165) is 31.0 Å². The third-order valence-electron chi connectivity index (χ3n) is 2.96. The van der Waals surface area contributed by atoms with Crippen LogP contribution in [0.25, 0.3) is 0 Å². The zero-order valence-corrected chi connectivity index (χ0v) is 9.44. The zero-order chi connectivity index (χ0) is 12.7. The summed E-state index contributed by atoms with van der Waals surface area (Å²) < 4.78 is 31.7. The number of halogens is 2. The van der Waals surface area contributed by atoms with Gasteiger partial charge in [-0.25, -0.2) is 8.78 Å². The lowest BCUT2D eigenvalue weighted by Gasteiger charge is -2.08. The molecule has 4 nitrogen and oxygen atoms in total. The van der Waals surface area contributed by atoms with E-state index in [1.807, 2.05) is 0 Å². The van der Waals surface area contributed by atoms with Crippen LogP contribution < -0.4 is 5.73 Å². The van der Waals surface area contributed by atoms with Crippen molar-refractivity contribution in [2.75, 3.05) is 0 Å². The Labute approximate surface area is 102 Å². The highest BCUT2D eigenvalue weighted by molar-refractivity contribution is 5.26. The first kappa shape index (κ1) is 11.3. The first-order chi connectivity index (χ1) is 8.65. The van der Waals surface area contributed by atoms with Crippen LogP contribution in [0.2, 0.25) is 0 Å². The summed E-state index contributed by atoms with van der Waals surface area (Å²) in [5.41, 5.74) is 5.85. The molecule has 6 heteroatoms. The fourth-order valence-corrected chi connectivity index (χ4v) is 1.76. The van der Waals surface area contributed by atoms with E-state index in [2.05, 4.69) is 10.1 Å². The van der Waals surface area contributed by atoms with Crippen molar-refractivity contribution in [2.45, 2.75) is 24.8 Å². The van der Waals surface area contributed by atoms with Crippen LogP contribution in [-0.4, -0.2) is 10.1 Å². The molecule has 0 bridgehead atoms. The molecule has 2 aromatic rings. The first-order valence-electron chi connectivity index (χ1n) is 5.69. The SMILES string of the molecule is NC(c1noc(C2CC2)n1)c1cc(F)ccc1F. The summed E-state index contributed by atoms with van der Waals surface area (Å²) in [6.07, 6.45) is 2.04. The number of nitrogens with zero attached hydrogens (tertiary/aromatic N) is 2. The number of hydrogen-bond acceptors (Lipinski definition) is 4. The molecule has 1 unspecified atom stereocenters. The molecular formula is C12H11F2N3O. The van der Waals surface area contributed by atoms with E-state index in [9.17, 15) is 8.78 Å². The van der Waals surface area contributed by atoms with Gasteiger partial charge >= 0.3 is 0 Å². The Morgan fingerprint density at radius 1 is 1.33 bits per heavy atom. The normalized spacial score (nSPS) is 16.8. The van der Waals surface area contributed by atoms with Crippen molar-refractivity contribution < 1.29 is 13.3 Å². The standard InChI is InChI=1S/C12H11F2N3O/c13-7-3-4-9(14)8(5-7)10(15)11-16-12(18-17-11)6-1-2-6/h3-6,10H,1-2,15H2. The summed E-state index contributed by atoms with van der Waals surface area (Å²) in [5.74, 6) is -0.121. The lowest BCUT2D eigenvalue weighted by Crippen LogP contribution is -2.15. The van der Waals surface area contributed by atoms with E-state index in [0.29, 0.717) is 11.8 Å². The minimum atomic E-state index is -0.919. The predicted octanol–water partition coefficient (Wildman–Crippen LogP) is 2.27. The third-order valence-corrected chi connectivity index (χ3v) is 2.96. The van der Waals surface area contributed by atoms with Gasteiger partial charge in [-0.3, -0.25) is 0 Å². The number of hydrogen-bond donors (Lipinski definition) is 1. The second-order valence-electron chi connectivity index (χ2n) is 4.41. The molecule has 1 aromatic carbocycles. The molecule has 0 saturated heterocycles. The summed E-state index contributed by atoms with van der Waals surface area (Å²) in [5, 5.41) is 3.72. The van der Waals surface area contributed by atoms with E-state index in [4.69, 9.17) is 10.3 Å². The molecule has 1 saturated carbocycles. The van der Waals surface area contributed by atoms with Crippen LogP contribution in [0.5, 0.6) is 0 Å². The van der Waals surface area contributed by atoms with Gasteiger partial charge in [-0.05, 0) is 31.0 Å². The Kier molecular flexibility index (Phi) is 2.59. The third kappa shape index (κ3) is 1.99. The maximum Gasteiger partial charge on any atom is 0.229 e. The molecule has 0 spiro atoms. The number of benzene rings is 1. The topological polar surface area (TPSA) is 64.9 Å². The molecule has 3 rings (SSSR count). The molecule has 0 amide bonds. The number of aromatic nitrogens is 2. The summed E-state index contributed by atoms with van der Waals surface area (Å²) in [6, 6.07) is 2.20. The van der Waals surface area contributed by atoms with Gasteiger partial charge in [0.25, 0.3) is 0 Å². The molecule has 0 radical (unpaired) electrons. The van der Waals surface area contributed by atoms with E-state index < -0.39 is 17.7 Å². The van der Waals surface area contributed by atoms with E-state index in [1.54, 1.807) is 0 Å². The Bertz CT molecular complexity index is 580. The van der Waals surface area contributed by atoms with Gasteiger partial charge in [0.05, 0.1) is 6.04 Å². The maximum atomic E-state index is 13.6. The average molecular weight is 251 g/mol. The summed E-state index contributed by atoms with van der Waals surface area (Å²) in [4.78, 5) is 4.13. The van der Waals surface area contributed by atoms with E-state index in [-0.39, 0.29) is 11.4 Å². The van der Waals surface area contributed by atoms with Gasteiger partial charge < -0.3 is 10.3 Å². The van der Waals surface area contributed by atoms with Crippen LogP contribution in [0.3, 0.4) is 0 Å². The second kappa shape index (κ2) is 4.13. The molecule has 1 aliphatic carbocycles. The molecule has 2 N–H and O–H groups in total. The first-order valence-corrected chi connectivity index (χ1v) is 5.69. The lowest BCUT2D eigenvalue weighted by atomic mass is 10.1. The van der Waals surface area contributed by atoms with Gasteiger partial charge in [0.2, 0.25) is 5.89 Å². The summed E-state index contributed by atoms with van der Waals surface area (Å²) >= 11 is 0. The fraction of sp³-hybridized carbons (Fsp3) is 0.333. The van der Waals surface area contributed by atoms with Gasteiger partial charge in [-0.2, -0.15) is 4.98 Å². The number of nitrogens with two attached hydrogens (primary N) is 1. The second-order valence-corrected chi connectivity index (χ2v) is 4.41. The van der Waals surface area contributed by atoms with Crippen LogP contribution in [-0.2, 0) is 0 Å². The van der Waals surface area contributed by atoms with Crippen molar-refractivity contribution in [2.24, 2.45) is 5.73 Å². The Morgan fingerprint density at radius 2 is 2.11 bits per heavy atom. The molecular weight excluding hydrogens is 240 g/mol. The van der Waals surface area contributed by atoms with Crippen molar-refractivity contribution >= 4 is 0 Å². The van der Waals surface area contributed by atoms with Gasteiger partial charge in [0.1, 0.15) is 11.6 Å². The van der Waals surface area contributed by atoms with Crippen molar-refractivity contribution in [3.63, 3.8) is 0 Å². The minimum Gasteiger partial charge on any atom is -0.339 e. The van der Waals surface area contributed by atoms with Crippen molar-refractivity contribution in [3.8, 4) is 0 Å². The predicted molar refractivity (Wildman–Crippen MR) is 58.7 cm³/mol. The highest BCUT2D eigenvalue weighted by atomic mass is 19.1. The molecule has 1 heterocycles. The van der Waals surface area contributed by atoms with E-state index >= 15 is 0 Å². The van der Waals surface area contributed by atoms with Gasteiger partial charge in [0, 0.05) is 11.5 Å². The molecule has 18 heavy (non-hydrogen) atoms. The molecule has 1 aliphatic rings. The largest absolute Gasteiger partial charge is 0.339 e. The quantitative estimate of drug-likeness (QED) is 0.908. The summed E-state index contributed by atoms with van der Waals surface area (Å²) in [6.45, 7) is 0. The Balaban J connectivity index is 1.92. The van der Waals surface area contributed by atoms with Crippen LogP contribution in [0.4, 0.5) is 8.78 Å². The highest BCUT2D eigenvalue weighted by Gasteiger charge is 2.31. The Hall–Kier alpha value is -1.82. The smallest absolute Gasteiger partial charge is 0.229 e.